The Balaban J connectivity index is 0.00000121. The Kier molecular flexibility index (Phi) is 6.96. The summed E-state index contributed by atoms with van der Waals surface area (Å²) < 4.78 is 5.91. The molecule has 0 saturated carbocycles. The van der Waals surface area contributed by atoms with Crippen molar-refractivity contribution in [3.63, 3.8) is 0 Å². The Hall–Kier alpha value is -0.520. The van der Waals surface area contributed by atoms with E-state index < -0.39 is 0 Å². The summed E-state index contributed by atoms with van der Waals surface area (Å²) in [6.07, 6.45) is 0.703. The largest absolute Gasteiger partial charge is 0.487 e. The highest BCUT2D eigenvalue weighted by Crippen LogP contribution is 2.35. The maximum absolute atomic E-state index is 9.84. The number of aliphatic hydroxyl groups excluding tert-OH is 1. The standard InChI is InChI=1S/C16H24N2O2.2ClH/c1-16(2)8-13-7-12(3-4-15(13)20-16)10-18-6-5-17-9-14(19)11-18;;/h3-4,7,14,17,19H,5-6,8-11H2,1-2H3;2*1H. The molecule has 22 heavy (non-hydrogen) atoms. The molecule has 2 aliphatic rings. The van der Waals surface area contributed by atoms with E-state index in [1.165, 1.54) is 11.1 Å². The zero-order chi connectivity index (χ0) is 14.2. The Morgan fingerprint density at radius 3 is 2.91 bits per heavy atom. The van der Waals surface area contributed by atoms with Gasteiger partial charge in [-0.05, 0) is 31.0 Å². The van der Waals surface area contributed by atoms with Crippen LogP contribution in [0, 0.1) is 0 Å². The van der Waals surface area contributed by atoms with Gasteiger partial charge in [0, 0.05) is 39.1 Å². The van der Waals surface area contributed by atoms with Gasteiger partial charge in [-0.15, -0.1) is 24.8 Å². The fraction of sp³-hybridized carbons (Fsp3) is 0.625. The third-order valence-electron chi connectivity index (χ3n) is 3.99. The van der Waals surface area contributed by atoms with Gasteiger partial charge in [0.2, 0.25) is 0 Å². The lowest BCUT2D eigenvalue weighted by Gasteiger charge is -2.21. The lowest BCUT2D eigenvalue weighted by molar-refractivity contribution is 0.127. The van der Waals surface area contributed by atoms with Crippen molar-refractivity contribution >= 4 is 24.8 Å². The van der Waals surface area contributed by atoms with Crippen LogP contribution in [0.3, 0.4) is 0 Å². The van der Waals surface area contributed by atoms with Gasteiger partial charge in [0.25, 0.3) is 0 Å². The lowest BCUT2D eigenvalue weighted by Crippen LogP contribution is -2.32. The van der Waals surface area contributed by atoms with Gasteiger partial charge in [-0.25, -0.2) is 0 Å². The van der Waals surface area contributed by atoms with Crippen LogP contribution in [0.4, 0.5) is 0 Å². The molecule has 0 spiro atoms. The van der Waals surface area contributed by atoms with E-state index in [4.69, 9.17) is 4.74 Å². The molecule has 1 saturated heterocycles. The topological polar surface area (TPSA) is 44.7 Å². The molecule has 1 aromatic rings. The second kappa shape index (κ2) is 7.84. The Labute approximate surface area is 145 Å². The molecule has 126 valence electrons. The smallest absolute Gasteiger partial charge is 0.123 e. The predicted octanol–water partition coefficient (Wildman–Crippen LogP) is 2.01. The number of ether oxygens (including phenoxy) is 1. The highest BCUT2D eigenvalue weighted by molar-refractivity contribution is 5.85. The van der Waals surface area contributed by atoms with Crippen molar-refractivity contribution < 1.29 is 9.84 Å². The van der Waals surface area contributed by atoms with E-state index in [-0.39, 0.29) is 36.5 Å². The molecule has 1 aromatic carbocycles. The molecule has 0 aromatic heterocycles. The number of β-amino-alcohol motifs (C(OH)–C–C–N with tert-alkyl or cyclic N) is 1. The summed E-state index contributed by atoms with van der Waals surface area (Å²) in [6, 6.07) is 6.49. The van der Waals surface area contributed by atoms with Crippen LogP contribution >= 0.6 is 24.8 Å². The first kappa shape index (κ1) is 19.5. The van der Waals surface area contributed by atoms with Crippen molar-refractivity contribution in [2.45, 2.75) is 38.5 Å². The van der Waals surface area contributed by atoms with Crippen LogP contribution in [0.25, 0.3) is 0 Å². The van der Waals surface area contributed by atoms with Crippen molar-refractivity contribution in [3.8, 4) is 5.75 Å². The zero-order valence-corrected chi connectivity index (χ0v) is 14.8. The number of rotatable bonds is 2. The monoisotopic (exact) mass is 348 g/mol. The van der Waals surface area contributed by atoms with Crippen LogP contribution in [0.5, 0.6) is 5.75 Å². The molecule has 0 amide bonds. The third kappa shape index (κ3) is 4.74. The van der Waals surface area contributed by atoms with Crippen LogP contribution in [0.1, 0.15) is 25.0 Å². The van der Waals surface area contributed by atoms with E-state index in [0.717, 1.165) is 38.3 Å². The van der Waals surface area contributed by atoms with E-state index >= 15 is 0 Å². The van der Waals surface area contributed by atoms with E-state index in [0.29, 0.717) is 6.54 Å². The number of hydrogen-bond donors (Lipinski definition) is 2. The molecule has 1 atom stereocenters. The van der Waals surface area contributed by atoms with Gasteiger partial charge in [-0.1, -0.05) is 12.1 Å². The van der Waals surface area contributed by atoms with Gasteiger partial charge in [-0.2, -0.15) is 0 Å². The van der Waals surface area contributed by atoms with Gasteiger partial charge >= 0.3 is 0 Å². The van der Waals surface area contributed by atoms with Gasteiger partial charge < -0.3 is 15.2 Å². The Morgan fingerprint density at radius 2 is 2.14 bits per heavy atom. The lowest BCUT2D eigenvalue weighted by atomic mass is 10.00. The summed E-state index contributed by atoms with van der Waals surface area (Å²) in [5.41, 5.74) is 2.53. The predicted molar refractivity (Wildman–Crippen MR) is 93.5 cm³/mol. The van der Waals surface area contributed by atoms with Gasteiger partial charge in [-0.3, -0.25) is 4.90 Å². The van der Waals surface area contributed by atoms with E-state index in [9.17, 15) is 5.11 Å². The van der Waals surface area contributed by atoms with Gasteiger partial charge in [0.15, 0.2) is 0 Å². The van der Waals surface area contributed by atoms with Crippen LogP contribution < -0.4 is 10.1 Å². The number of nitrogens with zero attached hydrogens (tertiary/aromatic N) is 1. The second-order valence-electron chi connectivity index (χ2n) is 6.57. The van der Waals surface area contributed by atoms with E-state index in [2.05, 4.69) is 42.3 Å². The summed E-state index contributed by atoms with van der Waals surface area (Å²) in [5, 5.41) is 13.1. The van der Waals surface area contributed by atoms with Crippen molar-refractivity contribution in [1.29, 1.82) is 0 Å². The van der Waals surface area contributed by atoms with Gasteiger partial charge in [0.1, 0.15) is 11.4 Å². The second-order valence-corrected chi connectivity index (χ2v) is 6.57. The zero-order valence-electron chi connectivity index (χ0n) is 13.2. The number of aliphatic hydroxyl groups is 1. The summed E-state index contributed by atoms with van der Waals surface area (Å²) >= 11 is 0. The molecule has 3 rings (SSSR count). The number of fused-ring (bicyclic) bond motifs is 1. The molecule has 4 nitrogen and oxygen atoms in total. The summed E-state index contributed by atoms with van der Waals surface area (Å²) in [4.78, 5) is 2.31. The normalized spacial score (nSPS) is 23.5. The SMILES string of the molecule is CC1(C)Cc2cc(CN3CCNCC(O)C3)ccc2O1.Cl.Cl. The van der Waals surface area contributed by atoms with Crippen LogP contribution in [0.2, 0.25) is 0 Å². The summed E-state index contributed by atoms with van der Waals surface area (Å²) in [7, 11) is 0. The number of benzene rings is 1. The van der Waals surface area contributed by atoms with E-state index in [1.807, 2.05) is 0 Å². The van der Waals surface area contributed by atoms with Crippen LogP contribution in [-0.4, -0.2) is 47.9 Å². The van der Waals surface area contributed by atoms with Crippen LogP contribution in [-0.2, 0) is 13.0 Å². The van der Waals surface area contributed by atoms with Crippen LogP contribution in [0.15, 0.2) is 18.2 Å². The van der Waals surface area contributed by atoms with Gasteiger partial charge in [0.05, 0.1) is 6.10 Å². The number of halogens is 2. The molecule has 0 aliphatic carbocycles. The fourth-order valence-corrected chi connectivity index (χ4v) is 3.12. The molecule has 6 heteroatoms. The molecule has 1 unspecified atom stereocenters. The Morgan fingerprint density at radius 1 is 1.36 bits per heavy atom. The first-order chi connectivity index (χ1) is 9.52. The summed E-state index contributed by atoms with van der Waals surface area (Å²) in [6.45, 7) is 8.52. The van der Waals surface area contributed by atoms with Crippen molar-refractivity contribution in [3.05, 3.63) is 29.3 Å². The van der Waals surface area contributed by atoms with Crippen molar-refractivity contribution in [2.24, 2.45) is 0 Å². The minimum absolute atomic E-state index is 0. The third-order valence-corrected chi connectivity index (χ3v) is 3.99. The van der Waals surface area contributed by atoms with Crippen molar-refractivity contribution in [1.82, 2.24) is 10.2 Å². The number of nitrogens with one attached hydrogen (secondary N) is 1. The molecule has 2 heterocycles. The number of hydrogen-bond acceptors (Lipinski definition) is 4. The maximum atomic E-state index is 9.84. The molecule has 2 aliphatic heterocycles. The fourth-order valence-electron chi connectivity index (χ4n) is 3.12. The molecule has 1 fully saturated rings. The average molecular weight is 349 g/mol. The molecular formula is C16H26Cl2N2O2. The van der Waals surface area contributed by atoms with Crippen molar-refractivity contribution in [2.75, 3.05) is 26.2 Å². The minimum atomic E-state index is -0.269. The molecule has 0 bridgehead atoms. The molecular weight excluding hydrogens is 323 g/mol. The highest BCUT2D eigenvalue weighted by Gasteiger charge is 2.30. The highest BCUT2D eigenvalue weighted by atomic mass is 35.5. The molecule has 0 radical (unpaired) electrons. The Bertz CT molecular complexity index is 497. The van der Waals surface area contributed by atoms with E-state index in [1.54, 1.807) is 0 Å². The quantitative estimate of drug-likeness (QED) is 0.858. The minimum Gasteiger partial charge on any atom is -0.487 e. The maximum Gasteiger partial charge on any atom is 0.123 e. The first-order valence-electron chi connectivity index (χ1n) is 7.44. The summed E-state index contributed by atoms with van der Waals surface area (Å²) in [5.74, 6) is 1.02. The average Bonchev–Trinajstić information content (AvgIpc) is 2.52. The molecule has 2 N–H and O–H groups in total. The first-order valence-corrected chi connectivity index (χ1v) is 7.44.